The number of nitrogens with one attached hydrogen (secondary N) is 1. The van der Waals surface area contributed by atoms with Crippen molar-refractivity contribution in [1.82, 2.24) is 4.98 Å². The molecule has 0 spiro atoms. The van der Waals surface area contributed by atoms with E-state index >= 15 is 0 Å². The maximum atomic E-state index is 5.93. The summed E-state index contributed by atoms with van der Waals surface area (Å²) in [6.45, 7) is 2.03. The molecule has 0 bridgehead atoms. The van der Waals surface area contributed by atoms with Gasteiger partial charge in [0.25, 0.3) is 0 Å². The number of thiazole rings is 1. The SMILES string of the molecule is C/C(=N\Nc1nc(-c2ccc(Cl)cc2)cs1)c1ccc2c(c1)CCC2. The monoisotopic (exact) mass is 367 g/mol. The highest BCUT2D eigenvalue weighted by atomic mass is 35.5. The predicted molar refractivity (Wildman–Crippen MR) is 107 cm³/mol. The average molecular weight is 368 g/mol. The number of hydrogen-bond acceptors (Lipinski definition) is 4. The topological polar surface area (TPSA) is 37.3 Å². The smallest absolute Gasteiger partial charge is 0.203 e. The van der Waals surface area contributed by atoms with Gasteiger partial charge in [-0.3, -0.25) is 5.43 Å². The Labute approximate surface area is 156 Å². The van der Waals surface area contributed by atoms with Gasteiger partial charge >= 0.3 is 0 Å². The van der Waals surface area contributed by atoms with E-state index in [2.05, 4.69) is 33.7 Å². The van der Waals surface area contributed by atoms with Crippen LogP contribution in [0, 0.1) is 0 Å². The maximum absolute atomic E-state index is 5.93. The lowest BCUT2D eigenvalue weighted by Gasteiger charge is -2.05. The second-order valence-corrected chi connectivity index (χ2v) is 7.49. The van der Waals surface area contributed by atoms with E-state index in [-0.39, 0.29) is 0 Å². The highest BCUT2D eigenvalue weighted by Gasteiger charge is 2.11. The van der Waals surface area contributed by atoms with Crippen molar-refractivity contribution in [3.05, 3.63) is 69.6 Å². The fourth-order valence-corrected chi connectivity index (χ4v) is 3.86. The summed E-state index contributed by atoms with van der Waals surface area (Å²) in [5, 5.41) is 8.04. The van der Waals surface area contributed by atoms with Crippen LogP contribution in [0.3, 0.4) is 0 Å². The highest BCUT2D eigenvalue weighted by molar-refractivity contribution is 7.14. The maximum Gasteiger partial charge on any atom is 0.203 e. The molecule has 1 aromatic heterocycles. The van der Waals surface area contributed by atoms with E-state index in [0.29, 0.717) is 0 Å². The zero-order chi connectivity index (χ0) is 17.2. The van der Waals surface area contributed by atoms with Gasteiger partial charge in [-0.25, -0.2) is 4.98 Å². The molecule has 0 aliphatic heterocycles. The van der Waals surface area contributed by atoms with Crippen molar-refractivity contribution < 1.29 is 0 Å². The van der Waals surface area contributed by atoms with Gasteiger partial charge in [0.2, 0.25) is 5.13 Å². The molecule has 126 valence electrons. The third-order valence-electron chi connectivity index (χ3n) is 4.48. The average Bonchev–Trinajstić information content (AvgIpc) is 3.29. The Morgan fingerprint density at radius 3 is 2.76 bits per heavy atom. The number of nitrogens with zero attached hydrogens (tertiary/aromatic N) is 2. The number of anilines is 1. The van der Waals surface area contributed by atoms with E-state index in [1.807, 2.05) is 36.6 Å². The number of hydrogen-bond donors (Lipinski definition) is 1. The molecule has 4 rings (SSSR count). The number of aryl methyl sites for hydroxylation is 2. The molecule has 2 aromatic carbocycles. The highest BCUT2D eigenvalue weighted by Crippen LogP contribution is 2.26. The summed E-state index contributed by atoms with van der Waals surface area (Å²) in [7, 11) is 0. The van der Waals surface area contributed by atoms with Gasteiger partial charge in [0.15, 0.2) is 0 Å². The number of rotatable bonds is 4. The van der Waals surface area contributed by atoms with Crippen molar-refractivity contribution in [1.29, 1.82) is 0 Å². The Bertz CT molecular complexity index is 928. The summed E-state index contributed by atoms with van der Waals surface area (Å²) >= 11 is 7.48. The summed E-state index contributed by atoms with van der Waals surface area (Å²) < 4.78 is 0. The summed E-state index contributed by atoms with van der Waals surface area (Å²) in [6.07, 6.45) is 3.65. The van der Waals surface area contributed by atoms with E-state index in [1.165, 1.54) is 36.0 Å². The lowest BCUT2D eigenvalue weighted by Crippen LogP contribution is -2.00. The van der Waals surface area contributed by atoms with Crippen molar-refractivity contribution >= 4 is 33.8 Å². The van der Waals surface area contributed by atoms with Crippen molar-refractivity contribution in [2.24, 2.45) is 5.10 Å². The third kappa shape index (κ3) is 3.60. The van der Waals surface area contributed by atoms with E-state index < -0.39 is 0 Å². The van der Waals surface area contributed by atoms with Crippen LogP contribution in [-0.2, 0) is 12.8 Å². The lowest BCUT2D eigenvalue weighted by molar-refractivity contribution is 0.912. The minimum atomic E-state index is 0.729. The molecule has 3 aromatic rings. The molecule has 5 heteroatoms. The van der Waals surface area contributed by atoms with E-state index in [9.17, 15) is 0 Å². The van der Waals surface area contributed by atoms with Gasteiger partial charge in [-0.1, -0.05) is 35.9 Å². The van der Waals surface area contributed by atoms with Crippen LogP contribution in [-0.4, -0.2) is 10.7 Å². The Morgan fingerprint density at radius 2 is 1.92 bits per heavy atom. The second kappa shape index (κ2) is 6.98. The summed E-state index contributed by atoms with van der Waals surface area (Å²) in [5.74, 6) is 0. The van der Waals surface area contributed by atoms with Crippen LogP contribution in [0.15, 0.2) is 52.9 Å². The van der Waals surface area contributed by atoms with Gasteiger partial charge in [-0.15, -0.1) is 11.3 Å². The first-order valence-corrected chi connectivity index (χ1v) is 9.59. The zero-order valence-electron chi connectivity index (χ0n) is 13.9. The third-order valence-corrected chi connectivity index (χ3v) is 5.48. The van der Waals surface area contributed by atoms with E-state index in [0.717, 1.165) is 27.1 Å². The molecule has 25 heavy (non-hydrogen) atoms. The molecule has 0 radical (unpaired) electrons. The molecule has 0 saturated carbocycles. The van der Waals surface area contributed by atoms with Crippen LogP contribution >= 0.6 is 22.9 Å². The first kappa shape index (κ1) is 16.3. The summed E-state index contributed by atoms with van der Waals surface area (Å²) in [6, 6.07) is 14.4. The van der Waals surface area contributed by atoms with Crippen molar-refractivity contribution in [3.8, 4) is 11.3 Å². The molecular formula is C20H18ClN3S. The van der Waals surface area contributed by atoms with Crippen LogP contribution in [0.2, 0.25) is 5.02 Å². The molecule has 1 heterocycles. The van der Waals surface area contributed by atoms with Gasteiger partial charge in [-0.2, -0.15) is 5.10 Å². The van der Waals surface area contributed by atoms with Gasteiger partial charge < -0.3 is 0 Å². The predicted octanol–water partition coefficient (Wildman–Crippen LogP) is 5.79. The largest absolute Gasteiger partial charge is 0.252 e. The van der Waals surface area contributed by atoms with Gasteiger partial charge in [0.1, 0.15) is 0 Å². The van der Waals surface area contributed by atoms with Gasteiger partial charge in [0, 0.05) is 16.0 Å². The second-order valence-electron chi connectivity index (χ2n) is 6.19. The summed E-state index contributed by atoms with van der Waals surface area (Å²) in [4.78, 5) is 4.59. The fraction of sp³-hybridized carbons (Fsp3) is 0.200. The molecule has 0 amide bonds. The van der Waals surface area contributed by atoms with E-state index in [1.54, 1.807) is 11.3 Å². The zero-order valence-corrected chi connectivity index (χ0v) is 15.5. The first-order chi connectivity index (χ1) is 12.2. The van der Waals surface area contributed by atoms with Crippen molar-refractivity contribution in [3.63, 3.8) is 0 Å². The minimum Gasteiger partial charge on any atom is -0.252 e. The van der Waals surface area contributed by atoms with Crippen LogP contribution in [0.1, 0.15) is 30.0 Å². The minimum absolute atomic E-state index is 0.729. The Morgan fingerprint density at radius 1 is 1.12 bits per heavy atom. The standard InChI is InChI=1S/C20H18ClN3S/c1-13(16-6-5-14-3-2-4-17(14)11-16)23-24-20-22-19(12-25-20)15-7-9-18(21)10-8-15/h5-12H,2-4H2,1H3,(H,22,24)/b23-13+. The van der Waals surface area contributed by atoms with Crippen LogP contribution in [0.25, 0.3) is 11.3 Å². The normalized spacial score (nSPS) is 13.8. The molecular weight excluding hydrogens is 350 g/mol. The first-order valence-electron chi connectivity index (χ1n) is 8.33. The Kier molecular flexibility index (Phi) is 4.55. The summed E-state index contributed by atoms with van der Waals surface area (Å²) in [5.41, 5.74) is 10.1. The molecule has 1 aliphatic carbocycles. The van der Waals surface area contributed by atoms with Crippen LogP contribution in [0.5, 0.6) is 0 Å². The molecule has 0 atom stereocenters. The Balaban J connectivity index is 1.49. The van der Waals surface area contributed by atoms with Gasteiger partial charge in [0.05, 0.1) is 11.4 Å². The molecule has 3 nitrogen and oxygen atoms in total. The molecule has 0 unspecified atom stereocenters. The number of halogens is 1. The van der Waals surface area contributed by atoms with Crippen LogP contribution < -0.4 is 5.43 Å². The molecule has 0 saturated heterocycles. The van der Waals surface area contributed by atoms with Crippen LogP contribution in [0.4, 0.5) is 5.13 Å². The van der Waals surface area contributed by atoms with Crippen molar-refractivity contribution in [2.75, 3.05) is 5.43 Å². The molecule has 1 aliphatic rings. The Hall–Kier alpha value is -2.17. The fourth-order valence-electron chi connectivity index (χ4n) is 3.07. The van der Waals surface area contributed by atoms with E-state index in [4.69, 9.17) is 11.6 Å². The number of hydrazone groups is 1. The van der Waals surface area contributed by atoms with Crippen molar-refractivity contribution in [2.45, 2.75) is 26.2 Å². The number of benzene rings is 2. The lowest BCUT2D eigenvalue weighted by atomic mass is 10.0. The molecule has 0 fully saturated rings. The number of fused-ring (bicyclic) bond motifs is 1. The molecule has 1 N–H and O–H groups in total. The quantitative estimate of drug-likeness (QED) is 0.468. The van der Waals surface area contributed by atoms with Gasteiger partial charge in [-0.05, 0) is 61.1 Å². The number of aromatic nitrogens is 1.